The Morgan fingerprint density at radius 1 is 1.47 bits per heavy atom. The molecular weight excluding hydrogens is 193 g/mol. The zero-order valence-electron chi connectivity index (χ0n) is 8.62. The van der Waals surface area contributed by atoms with Crippen molar-refractivity contribution in [2.45, 2.75) is 18.9 Å². The highest BCUT2D eigenvalue weighted by Gasteiger charge is 2.22. The van der Waals surface area contributed by atoms with Crippen LogP contribution in [0.15, 0.2) is 24.3 Å². The van der Waals surface area contributed by atoms with Crippen LogP contribution < -0.4 is 5.32 Å². The highest BCUT2D eigenvalue weighted by Crippen LogP contribution is 2.27. The smallest absolute Gasteiger partial charge is 0.123 e. The lowest BCUT2D eigenvalue weighted by Gasteiger charge is -2.27. The minimum absolute atomic E-state index is 0.209. The molecule has 2 nitrogen and oxygen atoms in total. The lowest BCUT2D eigenvalue weighted by Crippen LogP contribution is -2.33. The number of aliphatic hydroxyl groups excluding tert-OH is 1. The van der Waals surface area contributed by atoms with Gasteiger partial charge in [-0.2, -0.15) is 0 Å². The molecule has 1 heterocycles. The molecule has 15 heavy (non-hydrogen) atoms. The van der Waals surface area contributed by atoms with Crippen LogP contribution in [-0.4, -0.2) is 18.2 Å². The molecule has 0 radical (unpaired) electrons. The van der Waals surface area contributed by atoms with Gasteiger partial charge in [0.1, 0.15) is 5.82 Å². The third kappa shape index (κ3) is 2.55. The lowest BCUT2D eigenvalue weighted by molar-refractivity contribution is 0.0919. The molecule has 0 bridgehead atoms. The number of piperidine rings is 1. The van der Waals surface area contributed by atoms with Gasteiger partial charge in [0.15, 0.2) is 0 Å². The molecule has 0 saturated carbocycles. The van der Waals surface area contributed by atoms with Crippen LogP contribution >= 0.6 is 0 Å². The molecule has 1 saturated heterocycles. The van der Waals surface area contributed by atoms with Crippen molar-refractivity contribution in [3.63, 3.8) is 0 Å². The average molecular weight is 209 g/mol. The van der Waals surface area contributed by atoms with Gasteiger partial charge in [-0.05, 0) is 37.1 Å². The van der Waals surface area contributed by atoms with Gasteiger partial charge in [-0.1, -0.05) is 12.1 Å². The number of benzene rings is 1. The van der Waals surface area contributed by atoms with Crippen LogP contribution in [0.25, 0.3) is 0 Å². The van der Waals surface area contributed by atoms with E-state index < -0.39 is 6.10 Å². The van der Waals surface area contributed by atoms with Crippen LogP contribution in [-0.2, 0) is 0 Å². The summed E-state index contributed by atoms with van der Waals surface area (Å²) in [6, 6.07) is 6.24. The van der Waals surface area contributed by atoms with E-state index in [1.807, 2.05) is 0 Å². The first-order valence-electron chi connectivity index (χ1n) is 5.41. The monoisotopic (exact) mass is 209 g/mol. The summed E-state index contributed by atoms with van der Waals surface area (Å²) in [5.41, 5.74) is 0.684. The van der Waals surface area contributed by atoms with E-state index in [1.54, 1.807) is 12.1 Å². The van der Waals surface area contributed by atoms with E-state index >= 15 is 0 Å². The summed E-state index contributed by atoms with van der Waals surface area (Å²) in [6.45, 7) is 1.84. The Labute approximate surface area is 89.1 Å². The molecule has 0 aromatic heterocycles. The fourth-order valence-corrected chi connectivity index (χ4v) is 2.11. The summed E-state index contributed by atoms with van der Waals surface area (Å²) in [4.78, 5) is 0. The number of halogens is 1. The number of rotatable bonds is 2. The van der Waals surface area contributed by atoms with E-state index in [9.17, 15) is 9.50 Å². The highest BCUT2D eigenvalue weighted by atomic mass is 19.1. The van der Waals surface area contributed by atoms with Crippen molar-refractivity contribution in [1.29, 1.82) is 0 Å². The first-order chi connectivity index (χ1) is 7.27. The van der Waals surface area contributed by atoms with Crippen LogP contribution in [0.1, 0.15) is 24.5 Å². The van der Waals surface area contributed by atoms with Gasteiger partial charge < -0.3 is 10.4 Å². The summed E-state index contributed by atoms with van der Waals surface area (Å²) in [6.07, 6.45) is 1.54. The molecule has 1 fully saturated rings. The molecule has 82 valence electrons. The molecule has 1 aromatic rings. The number of nitrogens with one attached hydrogen (secondary N) is 1. The Morgan fingerprint density at radius 3 is 3.00 bits per heavy atom. The zero-order valence-corrected chi connectivity index (χ0v) is 8.62. The first-order valence-corrected chi connectivity index (χ1v) is 5.41. The van der Waals surface area contributed by atoms with Crippen LogP contribution in [0.5, 0.6) is 0 Å². The molecule has 1 aliphatic rings. The summed E-state index contributed by atoms with van der Waals surface area (Å²) in [7, 11) is 0. The van der Waals surface area contributed by atoms with Crippen molar-refractivity contribution in [1.82, 2.24) is 5.32 Å². The SMILES string of the molecule is O[C@@H](c1cccc(F)c1)C1CCCNC1. The van der Waals surface area contributed by atoms with E-state index in [4.69, 9.17) is 0 Å². The van der Waals surface area contributed by atoms with Gasteiger partial charge in [-0.25, -0.2) is 4.39 Å². The van der Waals surface area contributed by atoms with Crippen molar-refractivity contribution in [2.75, 3.05) is 13.1 Å². The van der Waals surface area contributed by atoms with Gasteiger partial charge in [-0.15, -0.1) is 0 Å². The Hall–Kier alpha value is -0.930. The average Bonchev–Trinajstić information content (AvgIpc) is 2.29. The molecule has 1 aliphatic heterocycles. The molecule has 3 heteroatoms. The van der Waals surface area contributed by atoms with Crippen LogP contribution in [0.2, 0.25) is 0 Å². The summed E-state index contributed by atoms with van der Waals surface area (Å²) in [5, 5.41) is 13.3. The second-order valence-electron chi connectivity index (χ2n) is 4.11. The standard InChI is InChI=1S/C12H16FNO/c13-11-5-1-3-9(7-11)12(15)10-4-2-6-14-8-10/h1,3,5,7,10,12,14-15H,2,4,6,8H2/t10?,12-/m0/s1. The maximum absolute atomic E-state index is 13.0. The maximum atomic E-state index is 13.0. The first kappa shape index (κ1) is 10.6. The summed E-state index contributed by atoms with van der Waals surface area (Å²) in [5.74, 6) is -0.0733. The molecule has 2 rings (SSSR count). The lowest BCUT2D eigenvalue weighted by atomic mass is 9.89. The normalized spacial score (nSPS) is 23.7. The molecule has 0 amide bonds. The van der Waals surface area contributed by atoms with E-state index in [0.717, 1.165) is 25.9 Å². The fraction of sp³-hybridized carbons (Fsp3) is 0.500. The topological polar surface area (TPSA) is 32.3 Å². The number of aliphatic hydroxyl groups is 1. The van der Waals surface area contributed by atoms with E-state index in [1.165, 1.54) is 12.1 Å². The molecule has 2 atom stereocenters. The third-order valence-electron chi connectivity index (χ3n) is 2.97. The second kappa shape index (κ2) is 4.73. The third-order valence-corrected chi connectivity index (χ3v) is 2.97. The van der Waals surface area contributed by atoms with Gasteiger partial charge in [-0.3, -0.25) is 0 Å². The van der Waals surface area contributed by atoms with Crippen molar-refractivity contribution < 1.29 is 9.50 Å². The Kier molecular flexibility index (Phi) is 3.34. The second-order valence-corrected chi connectivity index (χ2v) is 4.11. The van der Waals surface area contributed by atoms with Crippen molar-refractivity contribution >= 4 is 0 Å². The molecular formula is C12H16FNO. The highest BCUT2D eigenvalue weighted by molar-refractivity contribution is 5.19. The predicted molar refractivity (Wildman–Crippen MR) is 57.0 cm³/mol. The molecule has 1 aromatic carbocycles. The van der Waals surface area contributed by atoms with Crippen molar-refractivity contribution in [3.05, 3.63) is 35.6 Å². The minimum atomic E-state index is -0.548. The summed E-state index contributed by atoms with van der Waals surface area (Å²) < 4.78 is 13.0. The van der Waals surface area contributed by atoms with Gasteiger partial charge in [0, 0.05) is 12.5 Å². The Bertz CT molecular complexity index is 323. The molecule has 2 N–H and O–H groups in total. The number of hydrogen-bond acceptors (Lipinski definition) is 2. The number of hydrogen-bond donors (Lipinski definition) is 2. The quantitative estimate of drug-likeness (QED) is 0.779. The van der Waals surface area contributed by atoms with Gasteiger partial charge >= 0.3 is 0 Å². The van der Waals surface area contributed by atoms with Crippen molar-refractivity contribution in [2.24, 2.45) is 5.92 Å². The van der Waals surface area contributed by atoms with E-state index in [0.29, 0.717) is 5.56 Å². The zero-order chi connectivity index (χ0) is 10.7. The summed E-state index contributed by atoms with van der Waals surface area (Å²) >= 11 is 0. The van der Waals surface area contributed by atoms with Gasteiger partial charge in [0.25, 0.3) is 0 Å². The predicted octanol–water partition coefficient (Wildman–Crippen LogP) is 1.86. The van der Waals surface area contributed by atoms with Crippen LogP contribution in [0.3, 0.4) is 0 Å². The molecule has 1 unspecified atom stereocenters. The Balaban J connectivity index is 2.08. The Morgan fingerprint density at radius 2 is 2.33 bits per heavy atom. The fourth-order valence-electron chi connectivity index (χ4n) is 2.11. The molecule has 0 spiro atoms. The van der Waals surface area contributed by atoms with E-state index in [2.05, 4.69) is 5.32 Å². The van der Waals surface area contributed by atoms with E-state index in [-0.39, 0.29) is 11.7 Å². The van der Waals surface area contributed by atoms with Gasteiger partial charge in [0.2, 0.25) is 0 Å². The van der Waals surface area contributed by atoms with Crippen LogP contribution in [0.4, 0.5) is 4.39 Å². The van der Waals surface area contributed by atoms with Crippen molar-refractivity contribution in [3.8, 4) is 0 Å². The molecule has 0 aliphatic carbocycles. The van der Waals surface area contributed by atoms with Gasteiger partial charge in [0.05, 0.1) is 6.10 Å². The minimum Gasteiger partial charge on any atom is -0.388 e. The van der Waals surface area contributed by atoms with Crippen LogP contribution in [0, 0.1) is 11.7 Å². The largest absolute Gasteiger partial charge is 0.388 e. The maximum Gasteiger partial charge on any atom is 0.123 e.